The summed E-state index contributed by atoms with van der Waals surface area (Å²) in [5.74, 6) is 4.89. The van der Waals surface area contributed by atoms with Crippen molar-refractivity contribution in [2.24, 2.45) is 5.84 Å². The normalized spacial score (nSPS) is 20.5. The number of nitrogens with one attached hydrogen (secondary N) is 1. The van der Waals surface area contributed by atoms with E-state index in [2.05, 4.69) is 10.3 Å². The van der Waals surface area contributed by atoms with Gasteiger partial charge in [-0.25, -0.2) is 5.84 Å². The maximum absolute atomic E-state index is 12.0. The molecule has 0 aromatic heterocycles. The Bertz CT molecular complexity index is 404. The second-order valence-corrected chi connectivity index (χ2v) is 4.93. The monoisotopic (exact) mass is 263 g/mol. The molecule has 1 aromatic rings. The van der Waals surface area contributed by atoms with Gasteiger partial charge in [0.2, 0.25) is 5.91 Å². The Morgan fingerprint density at radius 2 is 2.26 bits per heavy atom. The van der Waals surface area contributed by atoms with Gasteiger partial charge in [-0.05, 0) is 19.0 Å². The molecule has 0 radical (unpaired) electrons. The van der Waals surface area contributed by atoms with Crippen molar-refractivity contribution in [2.45, 2.75) is 18.4 Å². The highest BCUT2D eigenvalue weighted by atomic mass is 16.5. The van der Waals surface area contributed by atoms with E-state index < -0.39 is 0 Å². The average molecular weight is 263 g/mol. The van der Waals surface area contributed by atoms with Gasteiger partial charge in [0.05, 0.1) is 12.5 Å². The van der Waals surface area contributed by atoms with Crippen LogP contribution in [0.25, 0.3) is 0 Å². The number of carbonyl (C=O) groups excluding carboxylic acids is 1. The summed E-state index contributed by atoms with van der Waals surface area (Å²) in [5.41, 5.74) is 3.25. The van der Waals surface area contributed by atoms with Gasteiger partial charge in [0, 0.05) is 19.2 Å². The Hall–Kier alpha value is -1.43. The fourth-order valence-electron chi connectivity index (χ4n) is 2.43. The molecule has 0 bridgehead atoms. The molecule has 1 aliphatic rings. The lowest BCUT2D eigenvalue weighted by Crippen LogP contribution is -2.42. The first-order valence-electron chi connectivity index (χ1n) is 6.55. The van der Waals surface area contributed by atoms with Crippen LogP contribution in [0, 0.1) is 0 Å². The van der Waals surface area contributed by atoms with E-state index in [0.29, 0.717) is 12.6 Å². The zero-order valence-corrected chi connectivity index (χ0v) is 11.2. The lowest BCUT2D eigenvalue weighted by molar-refractivity contribution is -0.123. The number of benzene rings is 1. The van der Waals surface area contributed by atoms with Crippen LogP contribution in [-0.4, -0.2) is 43.7 Å². The lowest BCUT2D eigenvalue weighted by Gasteiger charge is -2.27. The van der Waals surface area contributed by atoms with Crippen LogP contribution in [0.2, 0.25) is 0 Å². The topological polar surface area (TPSA) is 67.6 Å². The summed E-state index contributed by atoms with van der Waals surface area (Å²) >= 11 is 0. The highest BCUT2D eigenvalue weighted by Gasteiger charge is 2.26. The Kier molecular flexibility index (Phi) is 4.90. The zero-order chi connectivity index (χ0) is 13.7. The van der Waals surface area contributed by atoms with E-state index in [0.717, 1.165) is 25.2 Å². The molecule has 2 atom stereocenters. The number of carbonyl (C=O) groups is 1. The highest BCUT2D eigenvalue weighted by molar-refractivity contribution is 5.83. The minimum absolute atomic E-state index is 0.156. The first kappa shape index (κ1) is 14.0. The summed E-state index contributed by atoms with van der Waals surface area (Å²) in [6.07, 6.45) is 1.02. The molecule has 19 heavy (non-hydrogen) atoms. The molecule has 1 saturated heterocycles. The standard InChI is InChI=1S/C14H21N3O2/c1-17(12-7-8-19-10-12)9-13(14(18)16-15)11-5-3-2-4-6-11/h2-6,12-13H,7-10,15H2,1H3,(H,16,18). The third-order valence-electron chi connectivity index (χ3n) is 3.66. The third-order valence-corrected chi connectivity index (χ3v) is 3.66. The Balaban J connectivity index is 2.08. The van der Waals surface area contributed by atoms with Crippen molar-refractivity contribution in [2.75, 3.05) is 26.8 Å². The van der Waals surface area contributed by atoms with E-state index in [1.54, 1.807) is 0 Å². The van der Waals surface area contributed by atoms with E-state index in [1.165, 1.54) is 0 Å². The molecule has 1 aliphatic heterocycles. The molecule has 1 amide bonds. The SMILES string of the molecule is CN(CC(C(=O)NN)c1ccccc1)C1CCOC1. The van der Waals surface area contributed by atoms with E-state index in [9.17, 15) is 4.79 Å². The molecule has 0 aliphatic carbocycles. The van der Waals surface area contributed by atoms with Gasteiger partial charge in [-0.2, -0.15) is 0 Å². The molecule has 0 spiro atoms. The van der Waals surface area contributed by atoms with Crippen LogP contribution < -0.4 is 11.3 Å². The molecular weight excluding hydrogens is 242 g/mol. The summed E-state index contributed by atoms with van der Waals surface area (Å²) in [4.78, 5) is 14.1. The zero-order valence-electron chi connectivity index (χ0n) is 11.2. The number of nitrogens with zero attached hydrogens (tertiary/aromatic N) is 1. The van der Waals surface area contributed by atoms with E-state index in [4.69, 9.17) is 10.6 Å². The fourth-order valence-corrected chi connectivity index (χ4v) is 2.43. The summed E-state index contributed by atoms with van der Waals surface area (Å²) in [7, 11) is 2.03. The lowest BCUT2D eigenvalue weighted by atomic mass is 9.97. The second kappa shape index (κ2) is 6.65. The van der Waals surface area contributed by atoms with Gasteiger partial charge in [0.15, 0.2) is 0 Å². The Morgan fingerprint density at radius 3 is 2.84 bits per heavy atom. The molecule has 1 fully saturated rings. The van der Waals surface area contributed by atoms with Crippen molar-refractivity contribution >= 4 is 5.91 Å². The predicted molar refractivity (Wildman–Crippen MR) is 73.4 cm³/mol. The number of hydrogen-bond donors (Lipinski definition) is 2. The number of nitrogens with two attached hydrogens (primary N) is 1. The van der Waals surface area contributed by atoms with Crippen LogP contribution in [-0.2, 0) is 9.53 Å². The molecule has 0 saturated carbocycles. The smallest absolute Gasteiger partial charge is 0.242 e. The number of hydrazine groups is 1. The molecule has 1 aromatic carbocycles. The molecule has 5 nitrogen and oxygen atoms in total. The van der Waals surface area contributed by atoms with Crippen molar-refractivity contribution in [3.63, 3.8) is 0 Å². The molecule has 5 heteroatoms. The second-order valence-electron chi connectivity index (χ2n) is 4.93. The molecule has 104 valence electrons. The highest BCUT2D eigenvalue weighted by Crippen LogP contribution is 2.20. The maximum atomic E-state index is 12.0. The van der Waals surface area contributed by atoms with Crippen LogP contribution in [0.3, 0.4) is 0 Å². The molecule has 2 unspecified atom stereocenters. The van der Waals surface area contributed by atoms with Gasteiger partial charge in [-0.1, -0.05) is 30.3 Å². The molecule has 2 rings (SSSR count). The van der Waals surface area contributed by atoms with Crippen LogP contribution in [0.15, 0.2) is 30.3 Å². The van der Waals surface area contributed by atoms with Gasteiger partial charge in [-0.15, -0.1) is 0 Å². The van der Waals surface area contributed by atoms with Crippen molar-refractivity contribution in [1.82, 2.24) is 10.3 Å². The van der Waals surface area contributed by atoms with E-state index in [-0.39, 0.29) is 11.8 Å². The van der Waals surface area contributed by atoms with Gasteiger partial charge in [0.1, 0.15) is 0 Å². The summed E-state index contributed by atoms with van der Waals surface area (Å²) in [6, 6.07) is 10.1. The number of likely N-dealkylation sites (N-methyl/N-ethyl adjacent to an activating group) is 1. The maximum Gasteiger partial charge on any atom is 0.242 e. The van der Waals surface area contributed by atoms with Gasteiger partial charge < -0.3 is 4.74 Å². The molecular formula is C14H21N3O2. The summed E-state index contributed by atoms with van der Waals surface area (Å²) in [6.45, 7) is 2.18. The van der Waals surface area contributed by atoms with E-state index >= 15 is 0 Å². The first-order chi connectivity index (χ1) is 9.22. The summed E-state index contributed by atoms with van der Waals surface area (Å²) in [5, 5.41) is 0. The van der Waals surface area contributed by atoms with Crippen molar-refractivity contribution in [3.8, 4) is 0 Å². The van der Waals surface area contributed by atoms with Crippen molar-refractivity contribution in [3.05, 3.63) is 35.9 Å². The van der Waals surface area contributed by atoms with Crippen molar-refractivity contribution in [1.29, 1.82) is 0 Å². The van der Waals surface area contributed by atoms with Gasteiger partial charge >= 0.3 is 0 Å². The van der Waals surface area contributed by atoms with Crippen LogP contribution in [0.4, 0.5) is 0 Å². The number of amides is 1. The minimum atomic E-state index is -0.253. The van der Waals surface area contributed by atoms with Crippen molar-refractivity contribution < 1.29 is 9.53 Å². The fraction of sp³-hybridized carbons (Fsp3) is 0.500. The van der Waals surface area contributed by atoms with E-state index in [1.807, 2.05) is 37.4 Å². The van der Waals surface area contributed by atoms with Crippen LogP contribution in [0.1, 0.15) is 17.9 Å². The molecule has 3 N–H and O–H groups in total. The minimum Gasteiger partial charge on any atom is -0.380 e. The summed E-state index contributed by atoms with van der Waals surface area (Å²) < 4.78 is 5.39. The van der Waals surface area contributed by atoms with Gasteiger partial charge in [0.25, 0.3) is 0 Å². The van der Waals surface area contributed by atoms with Gasteiger partial charge in [-0.3, -0.25) is 15.1 Å². The third kappa shape index (κ3) is 3.53. The number of ether oxygens (including phenoxy) is 1. The number of hydrogen-bond acceptors (Lipinski definition) is 4. The van der Waals surface area contributed by atoms with Crippen LogP contribution >= 0.6 is 0 Å². The van der Waals surface area contributed by atoms with Crippen LogP contribution in [0.5, 0.6) is 0 Å². The number of rotatable bonds is 5. The first-order valence-corrected chi connectivity index (χ1v) is 6.55. The predicted octanol–water partition coefficient (Wildman–Crippen LogP) is 0.481. The average Bonchev–Trinajstić information content (AvgIpc) is 2.99. The quantitative estimate of drug-likeness (QED) is 0.461. The molecule has 1 heterocycles. The largest absolute Gasteiger partial charge is 0.380 e. The Labute approximate surface area is 113 Å². The Morgan fingerprint density at radius 1 is 1.53 bits per heavy atom.